The molecule has 10 heteroatoms. The molecule has 3 N–H and O–H groups in total. The van der Waals surface area contributed by atoms with E-state index in [0.717, 1.165) is 63.1 Å². The predicted molar refractivity (Wildman–Crippen MR) is 208 cm³/mol. The summed E-state index contributed by atoms with van der Waals surface area (Å²) in [7, 11) is 1.32. The minimum Gasteiger partial charge on any atom is -0.465 e. The van der Waals surface area contributed by atoms with Crippen molar-refractivity contribution < 1.29 is 23.8 Å². The van der Waals surface area contributed by atoms with Crippen LogP contribution in [0.25, 0.3) is 33.2 Å². The molecule has 0 spiro atoms. The summed E-state index contributed by atoms with van der Waals surface area (Å²) in [5, 5.41) is 17.8. The van der Waals surface area contributed by atoms with Crippen molar-refractivity contribution in [1.82, 2.24) is 10.3 Å². The summed E-state index contributed by atoms with van der Waals surface area (Å²) in [5.74, 6) is 2.09. The Labute approximate surface area is 310 Å². The number of morpholine rings is 1. The Morgan fingerprint density at radius 3 is 2.34 bits per heavy atom. The molecule has 0 aliphatic carbocycles. The number of amides is 1. The highest BCUT2D eigenvalue weighted by Crippen LogP contribution is 2.33. The molecule has 0 saturated carbocycles. The van der Waals surface area contributed by atoms with E-state index in [4.69, 9.17) is 20.6 Å². The zero-order valence-electron chi connectivity index (χ0n) is 30.4. The SMILES string of the molecule is C#Cc1ccc(-c2cccc3[nH]cc(C[C@H](NC(=O)OC(C)(C)C)C(C#N)Nc4ccc(-c5ccc(N6CCOCC6)cc5)cc4C(=O)OC)c23)cc1. The highest BCUT2D eigenvalue weighted by molar-refractivity contribution is 5.98. The smallest absolute Gasteiger partial charge is 0.407 e. The second-order valence-corrected chi connectivity index (χ2v) is 13.9. The van der Waals surface area contributed by atoms with Gasteiger partial charge in [-0.3, -0.25) is 0 Å². The number of hydrogen-bond acceptors (Lipinski definition) is 8. The van der Waals surface area contributed by atoms with Crippen molar-refractivity contribution in [3.05, 3.63) is 108 Å². The van der Waals surface area contributed by atoms with E-state index in [2.05, 4.69) is 44.6 Å². The van der Waals surface area contributed by atoms with Gasteiger partial charge in [0.2, 0.25) is 0 Å². The average Bonchev–Trinajstić information content (AvgIpc) is 3.59. The molecule has 2 heterocycles. The van der Waals surface area contributed by atoms with Crippen molar-refractivity contribution in [3.8, 4) is 40.7 Å². The van der Waals surface area contributed by atoms with Crippen LogP contribution in [0.4, 0.5) is 16.2 Å². The van der Waals surface area contributed by atoms with E-state index in [1.165, 1.54) is 7.11 Å². The number of carbonyl (C=O) groups excluding carboxylic acids is 2. The lowest BCUT2D eigenvalue weighted by Crippen LogP contribution is -2.49. The molecule has 1 saturated heterocycles. The highest BCUT2D eigenvalue weighted by atomic mass is 16.6. The van der Waals surface area contributed by atoms with Crippen LogP contribution in [0.2, 0.25) is 0 Å². The van der Waals surface area contributed by atoms with Crippen LogP contribution in [0, 0.1) is 23.7 Å². The molecule has 1 amide bonds. The molecule has 1 fully saturated rings. The molecule has 53 heavy (non-hydrogen) atoms. The number of esters is 1. The molecule has 1 aromatic heterocycles. The third-order valence-electron chi connectivity index (χ3n) is 9.15. The maximum atomic E-state index is 13.3. The van der Waals surface area contributed by atoms with Crippen molar-refractivity contribution in [2.45, 2.75) is 44.9 Å². The highest BCUT2D eigenvalue weighted by Gasteiger charge is 2.29. The topological polar surface area (TPSA) is 129 Å². The van der Waals surface area contributed by atoms with Gasteiger partial charge in [-0.1, -0.05) is 48.4 Å². The number of fused-ring (bicyclic) bond motifs is 1. The zero-order chi connectivity index (χ0) is 37.5. The van der Waals surface area contributed by atoms with E-state index in [9.17, 15) is 14.9 Å². The van der Waals surface area contributed by atoms with E-state index in [0.29, 0.717) is 18.9 Å². The molecule has 1 aliphatic rings. The standard InChI is InChI=1S/C43H43N5O5/c1-6-28-10-12-30(13-11-28)34-8-7-9-37-40(34)32(27-45-37)25-38(47-42(50)53-43(2,3)4)39(26-44)46-36-19-16-31(24-35(36)41(49)51-5)29-14-17-33(18-15-29)48-20-22-52-23-21-48/h1,7-19,24,27,38-39,45-46H,20-23,25H2,2-5H3,(H,47,50)/t38-,39?/m0/s1. The maximum absolute atomic E-state index is 13.3. The number of rotatable bonds is 10. The van der Waals surface area contributed by atoms with E-state index in [1.54, 1.807) is 32.9 Å². The Morgan fingerprint density at radius 1 is 0.981 bits per heavy atom. The average molecular weight is 710 g/mol. The number of nitriles is 1. The van der Waals surface area contributed by atoms with Gasteiger partial charge in [0.25, 0.3) is 0 Å². The number of nitrogens with zero attached hydrogens (tertiary/aromatic N) is 2. The second-order valence-electron chi connectivity index (χ2n) is 13.9. The Kier molecular flexibility index (Phi) is 11.0. The first-order chi connectivity index (χ1) is 25.6. The minimum absolute atomic E-state index is 0.253. The van der Waals surface area contributed by atoms with Gasteiger partial charge in [0.05, 0.1) is 38.0 Å². The van der Waals surface area contributed by atoms with Crippen LogP contribution in [0.15, 0.2) is 91.1 Å². The van der Waals surface area contributed by atoms with Gasteiger partial charge in [-0.2, -0.15) is 5.26 Å². The first-order valence-corrected chi connectivity index (χ1v) is 17.5. The number of aromatic amines is 1. The molecule has 270 valence electrons. The van der Waals surface area contributed by atoms with Crippen LogP contribution in [-0.4, -0.2) is 68.1 Å². The number of aromatic nitrogens is 1. The molecule has 0 radical (unpaired) electrons. The molecular weight excluding hydrogens is 667 g/mol. The number of anilines is 2. The van der Waals surface area contributed by atoms with E-state index in [1.807, 2.05) is 66.9 Å². The van der Waals surface area contributed by atoms with Crippen molar-refractivity contribution in [1.29, 1.82) is 5.26 Å². The Hall–Kier alpha value is -6.23. The number of ether oxygens (including phenoxy) is 3. The fraction of sp³-hybridized carbons (Fsp3) is 0.279. The number of alkyl carbamates (subject to hydrolysis) is 1. The first-order valence-electron chi connectivity index (χ1n) is 17.5. The quantitative estimate of drug-likeness (QED) is 0.100. The summed E-state index contributed by atoms with van der Waals surface area (Å²) in [6, 6.07) is 27.8. The number of terminal acetylenes is 1. The molecule has 10 nitrogen and oxygen atoms in total. The molecule has 0 bridgehead atoms. The molecule has 1 aliphatic heterocycles. The molecule has 6 rings (SSSR count). The van der Waals surface area contributed by atoms with E-state index < -0.39 is 29.7 Å². The number of methoxy groups -OCH3 is 1. The zero-order valence-corrected chi connectivity index (χ0v) is 30.4. The van der Waals surface area contributed by atoms with Gasteiger partial charge in [0.1, 0.15) is 11.6 Å². The van der Waals surface area contributed by atoms with Gasteiger partial charge in [0, 0.05) is 47.1 Å². The Bertz CT molecular complexity index is 2160. The van der Waals surface area contributed by atoms with Crippen molar-refractivity contribution in [3.63, 3.8) is 0 Å². The summed E-state index contributed by atoms with van der Waals surface area (Å²) in [5.41, 5.74) is 7.21. The van der Waals surface area contributed by atoms with Crippen LogP contribution in [0.3, 0.4) is 0 Å². The number of H-pyrrole nitrogens is 1. The van der Waals surface area contributed by atoms with Gasteiger partial charge >= 0.3 is 12.1 Å². The van der Waals surface area contributed by atoms with Crippen molar-refractivity contribution in [2.75, 3.05) is 43.6 Å². The lowest BCUT2D eigenvalue weighted by molar-refractivity contribution is 0.0501. The van der Waals surface area contributed by atoms with Crippen LogP contribution in [-0.2, 0) is 20.6 Å². The first kappa shape index (κ1) is 36.6. The monoisotopic (exact) mass is 709 g/mol. The van der Waals surface area contributed by atoms with E-state index >= 15 is 0 Å². The Balaban J connectivity index is 1.33. The molecule has 5 aromatic rings. The minimum atomic E-state index is -0.989. The normalized spacial score (nSPS) is 14.0. The predicted octanol–water partition coefficient (Wildman–Crippen LogP) is 7.55. The largest absolute Gasteiger partial charge is 0.465 e. The number of carbonyl (C=O) groups is 2. The van der Waals surface area contributed by atoms with E-state index in [-0.39, 0.29) is 12.0 Å². The van der Waals surface area contributed by atoms with Gasteiger partial charge in [-0.25, -0.2) is 9.59 Å². The van der Waals surface area contributed by atoms with Crippen molar-refractivity contribution in [2.24, 2.45) is 0 Å². The maximum Gasteiger partial charge on any atom is 0.407 e. The summed E-state index contributed by atoms with van der Waals surface area (Å²) >= 11 is 0. The molecule has 4 aromatic carbocycles. The lowest BCUT2D eigenvalue weighted by atomic mass is 9.94. The summed E-state index contributed by atoms with van der Waals surface area (Å²) < 4.78 is 16.3. The fourth-order valence-electron chi connectivity index (χ4n) is 6.56. The van der Waals surface area contributed by atoms with Gasteiger partial charge in [-0.05, 0) is 97.5 Å². The Morgan fingerprint density at radius 2 is 1.68 bits per heavy atom. The fourth-order valence-corrected chi connectivity index (χ4v) is 6.56. The summed E-state index contributed by atoms with van der Waals surface area (Å²) in [6.45, 7) is 8.39. The lowest BCUT2D eigenvalue weighted by Gasteiger charge is -2.29. The third kappa shape index (κ3) is 8.64. The van der Waals surface area contributed by atoms with Gasteiger partial charge < -0.3 is 34.7 Å². The van der Waals surface area contributed by atoms with Gasteiger partial charge in [-0.15, -0.1) is 6.42 Å². The summed E-state index contributed by atoms with van der Waals surface area (Å²) in [6.07, 6.45) is 7.08. The van der Waals surface area contributed by atoms with Crippen LogP contribution in [0.5, 0.6) is 0 Å². The number of hydrogen-bond donors (Lipinski definition) is 3. The van der Waals surface area contributed by atoms with Crippen LogP contribution in [0.1, 0.15) is 42.3 Å². The van der Waals surface area contributed by atoms with Gasteiger partial charge in [0.15, 0.2) is 0 Å². The number of benzene rings is 4. The van der Waals surface area contributed by atoms with Crippen LogP contribution >= 0.6 is 0 Å². The molecule has 2 atom stereocenters. The number of nitrogens with one attached hydrogen (secondary N) is 3. The summed E-state index contributed by atoms with van der Waals surface area (Å²) in [4.78, 5) is 32.1. The third-order valence-corrected chi connectivity index (χ3v) is 9.15. The van der Waals surface area contributed by atoms with Crippen molar-refractivity contribution >= 4 is 34.3 Å². The van der Waals surface area contributed by atoms with Crippen LogP contribution < -0.4 is 15.5 Å². The second kappa shape index (κ2) is 16.0. The molecule has 1 unspecified atom stereocenters. The molecular formula is C43H43N5O5.